The van der Waals surface area contributed by atoms with Gasteiger partial charge in [0.05, 0.1) is 6.20 Å². The first-order valence-corrected chi connectivity index (χ1v) is 9.81. The van der Waals surface area contributed by atoms with Crippen LogP contribution in [0.3, 0.4) is 0 Å². The first-order valence-electron chi connectivity index (χ1n) is 9.81. The maximum Gasteiger partial charge on any atom is 0.274 e. The molecule has 0 bridgehead atoms. The minimum Gasteiger partial charge on any atom is -0.351 e. The van der Waals surface area contributed by atoms with E-state index in [9.17, 15) is 4.79 Å². The summed E-state index contributed by atoms with van der Waals surface area (Å²) in [5, 5.41) is 6.95. The fraction of sp³-hybridized carbons (Fsp3) is 0.130. The van der Waals surface area contributed by atoms with E-state index < -0.39 is 0 Å². The van der Waals surface area contributed by atoms with Crippen LogP contribution in [0.4, 0.5) is 5.69 Å². The summed E-state index contributed by atoms with van der Waals surface area (Å²) in [5.74, 6) is 0.719. The summed E-state index contributed by atoms with van der Waals surface area (Å²) in [5.41, 5.74) is 5.58. The molecule has 5 rings (SSSR count). The molecule has 0 aliphatic rings. The minimum atomic E-state index is -0.249. The van der Waals surface area contributed by atoms with Crippen LogP contribution >= 0.6 is 0 Å². The number of hydrogen-bond donors (Lipinski definition) is 1. The normalized spacial score (nSPS) is 11.2. The van der Waals surface area contributed by atoms with Crippen molar-refractivity contribution >= 4 is 17.2 Å². The molecule has 0 spiro atoms. The highest BCUT2D eigenvalue weighted by Crippen LogP contribution is 2.25. The number of aryl methyl sites for hydroxylation is 3. The van der Waals surface area contributed by atoms with Gasteiger partial charge in [0, 0.05) is 48.9 Å². The zero-order chi connectivity index (χ0) is 21.5. The third-order valence-electron chi connectivity index (χ3n) is 5.25. The van der Waals surface area contributed by atoms with E-state index >= 15 is 0 Å². The number of nitrogens with zero attached hydrogens (tertiary/aromatic N) is 5. The molecule has 4 aromatic heterocycles. The van der Waals surface area contributed by atoms with Crippen molar-refractivity contribution in [3.63, 3.8) is 0 Å². The molecule has 0 radical (unpaired) electrons. The van der Waals surface area contributed by atoms with Crippen LogP contribution in [-0.2, 0) is 7.05 Å². The maximum atomic E-state index is 13.1. The topological polar surface area (TPSA) is 90.2 Å². The van der Waals surface area contributed by atoms with E-state index in [1.807, 2.05) is 73.4 Å². The van der Waals surface area contributed by atoms with Gasteiger partial charge in [0.15, 0.2) is 0 Å². The molecule has 0 aliphatic carbocycles. The van der Waals surface area contributed by atoms with Crippen LogP contribution in [0.15, 0.2) is 65.6 Å². The Balaban J connectivity index is 1.49. The average Bonchev–Trinajstić information content (AvgIpc) is 3.48. The highest BCUT2D eigenvalue weighted by atomic mass is 16.5. The second-order valence-electron chi connectivity index (χ2n) is 7.41. The van der Waals surface area contributed by atoms with Gasteiger partial charge in [-0.3, -0.25) is 9.20 Å². The molecule has 1 amide bonds. The standard InChI is InChI=1S/C23H20N6O2/c1-14-6-7-16(22-25-15(2)31-27-22)11-18(14)26-23(30)20-12-24-21-9-8-17(13-29(20)21)19-5-4-10-28(19)3/h4-13H,1-3H3,(H,26,30). The number of rotatable bonds is 4. The van der Waals surface area contributed by atoms with E-state index in [1.165, 1.54) is 0 Å². The Hall–Kier alpha value is -4.20. The molecule has 1 N–H and O–H groups in total. The van der Waals surface area contributed by atoms with E-state index in [0.717, 1.165) is 22.4 Å². The second-order valence-corrected chi connectivity index (χ2v) is 7.41. The molecule has 0 aliphatic heterocycles. The fourth-order valence-electron chi connectivity index (χ4n) is 3.56. The largest absolute Gasteiger partial charge is 0.351 e. The summed E-state index contributed by atoms with van der Waals surface area (Å²) in [6.45, 7) is 3.67. The highest BCUT2D eigenvalue weighted by Gasteiger charge is 2.16. The van der Waals surface area contributed by atoms with Gasteiger partial charge in [-0.2, -0.15) is 4.98 Å². The molecule has 0 unspecified atom stereocenters. The number of imidazole rings is 1. The van der Waals surface area contributed by atoms with E-state index in [4.69, 9.17) is 4.52 Å². The van der Waals surface area contributed by atoms with Gasteiger partial charge in [-0.25, -0.2) is 4.98 Å². The molecule has 8 nitrogen and oxygen atoms in total. The number of aromatic nitrogens is 5. The van der Waals surface area contributed by atoms with Gasteiger partial charge >= 0.3 is 0 Å². The zero-order valence-corrected chi connectivity index (χ0v) is 17.3. The van der Waals surface area contributed by atoms with Gasteiger partial charge in [0.2, 0.25) is 11.7 Å². The number of anilines is 1. The molecule has 0 atom stereocenters. The average molecular weight is 412 g/mol. The van der Waals surface area contributed by atoms with Gasteiger partial charge < -0.3 is 14.4 Å². The van der Waals surface area contributed by atoms with Crippen molar-refractivity contribution < 1.29 is 9.32 Å². The van der Waals surface area contributed by atoms with Crippen LogP contribution in [0.5, 0.6) is 0 Å². The Morgan fingerprint density at radius 3 is 2.68 bits per heavy atom. The summed E-state index contributed by atoms with van der Waals surface area (Å²) in [7, 11) is 1.99. The van der Waals surface area contributed by atoms with Gasteiger partial charge in [-0.05, 0) is 42.8 Å². The van der Waals surface area contributed by atoms with E-state index in [0.29, 0.717) is 28.7 Å². The molecule has 5 aromatic rings. The monoisotopic (exact) mass is 412 g/mol. The number of hydrogen-bond acceptors (Lipinski definition) is 5. The predicted octanol–water partition coefficient (Wildman–Crippen LogP) is 4.26. The molecule has 154 valence electrons. The maximum absolute atomic E-state index is 13.1. The quantitative estimate of drug-likeness (QED) is 0.476. The van der Waals surface area contributed by atoms with Crippen LogP contribution in [0.2, 0.25) is 0 Å². The molecule has 8 heteroatoms. The van der Waals surface area contributed by atoms with Crippen molar-refractivity contribution in [1.82, 2.24) is 24.1 Å². The minimum absolute atomic E-state index is 0.249. The number of carbonyl (C=O) groups excluding carboxylic acids is 1. The number of amides is 1. The Morgan fingerprint density at radius 2 is 1.94 bits per heavy atom. The first kappa shape index (κ1) is 18.8. The van der Waals surface area contributed by atoms with E-state index in [2.05, 4.69) is 20.4 Å². The van der Waals surface area contributed by atoms with Crippen LogP contribution in [-0.4, -0.2) is 30.0 Å². The predicted molar refractivity (Wildman–Crippen MR) is 117 cm³/mol. The molecule has 31 heavy (non-hydrogen) atoms. The van der Waals surface area contributed by atoms with Gasteiger partial charge in [-0.1, -0.05) is 17.3 Å². The molecule has 1 aromatic carbocycles. The number of benzene rings is 1. The Labute approximate surface area is 178 Å². The lowest BCUT2D eigenvalue weighted by Gasteiger charge is -2.10. The molecular weight excluding hydrogens is 392 g/mol. The molecule has 0 fully saturated rings. The first-order chi connectivity index (χ1) is 15.0. The van der Waals surface area contributed by atoms with Crippen molar-refractivity contribution in [2.75, 3.05) is 5.32 Å². The zero-order valence-electron chi connectivity index (χ0n) is 17.3. The Morgan fingerprint density at radius 1 is 1.10 bits per heavy atom. The lowest BCUT2D eigenvalue weighted by molar-refractivity contribution is 0.102. The summed E-state index contributed by atoms with van der Waals surface area (Å²) >= 11 is 0. The van der Waals surface area contributed by atoms with Crippen LogP contribution in [0.1, 0.15) is 21.9 Å². The lowest BCUT2D eigenvalue weighted by atomic mass is 10.1. The molecule has 0 saturated heterocycles. The van der Waals surface area contributed by atoms with Crippen molar-refractivity contribution in [2.24, 2.45) is 7.05 Å². The van der Waals surface area contributed by atoms with Crippen molar-refractivity contribution in [3.05, 3.63) is 78.2 Å². The highest BCUT2D eigenvalue weighted by molar-refractivity contribution is 6.04. The van der Waals surface area contributed by atoms with Gasteiger partial charge in [-0.15, -0.1) is 0 Å². The third kappa shape index (κ3) is 3.38. The lowest BCUT2D eigenvalue weighted by Crippen LogP contribution is -2.15. The van der Waals surface area contributed by atoms with Crippen LogP contribution in [0.25, 0.3) is 28.3 Å². The van der Waals surface area contributed by atoms with Crippen LogP contribution < -0.4 is 5.32 Å². The number of carbonyl (C=O) groups is 1. The Kier molecular flexibility index (Phi) is 4.39. The molecule has 0 saturated carbocycles. The van der Waals surface area contributed by atoms with Crippen molar-refractivity contribution in [2.45, 2.75) is 13.8 Å². The summed E-state index contributed by atoms with van der Waals surface area (Å²) in [6.07, 6.45) is 5.50. The number of nitrogens with one attached hydrogen (secondary N) is 1. The fourth-order valence-corrected chi connectivity index (χ4v) is 3.56. The van der Waals surface area contributed by atoms with E-state index in [1.54, 1.807) is 17.5 Å². The van der Waals surface area contributed by atoms with Gasteiger partial charge in [0.25, 0.3) is 5.91 Å². The summed E-state index contributed by atoms with van der Waals surface area (Å²) in [4.78, 5) is 21.8. The SMILES string of the molecule is Cc1nc(-c2ccc(C)c(NC(=O)c3cnc4ccc(-c5cccn5C)cn34)c2)no1. The molecular formula is C23H20N6O2. The van der Waals surface area contributed by atoms with Crippen LogP contribution in [0, 0.1) is 13.8 Å². The Bertz CT molecular complexity index is 1430. The number of fused-ring (bicyclic) bond motifs is 1. The summed E-state index contributed by atoms with van der Waals surface area (Å²) < 4.78 is 8.90. The molecule has 4 heterocycles. The number of pyridine rings is 1. The summed E-state index contributed by atoms with van der Waals surface area (Å²) in [6, 6.07) is 13.6. The smallest absolute Gasteiger partial charge is 0.274 e. The van der Waals surface area contributed by atoms with Crippen molar-refractivity contribution in [3.8, 4) is 22.6 Å². The van der Waals surface area contributed by atoms with Gasteiger partial charge in [0.1, 0.15) is 11.3 Å². The van der Waals surface area contributed by atoms with Crippen molar-refractivity contribution in [1.29, 1.82) is 0 Å². The second kappa shape index (κ2) is 7.24. The third-order valence-corrected chi connectivity index (χ3v) is 5.25. The van der Waals surface area contributed by atoms with E-state index in [-0.39, 0.29) is 5.91 Å².